The summed E-state index contributed by atoms with van der Waals surface area (Å²) in [4.78, 5) is 13.9. The Morgan fingerprint density at radius 3 is 2.50 bits per heavy atom. The molecule has 0 aromatic heterocycles. The van der Waals surface area contributed by atoms with Crippen LogP contribution in [0.2, 0.25) is 0 Å². The van der Waals surface area contributed by atoms with Crippen molar-refractivity contribution in [2.75, 3.05) is 19.7 Å². The molecule has 0 radical (unpaired) electrons. The molecule has 2 rings (SSSR count). The molecule has 1 aromatic rings. The van der Waals surface area contributed by atoms with E-state index < -0.39 is 12.8 Å². The molecule has 1 saturated heterocycles. The normalized spacial score (nSPS) is 15.5. The second-order valence-electron chi connectivity index (χ2n) is 4.55. The van der Waals surface area contributed by atoms with Gasteiger partial charge >= 0.3 is 6.18 Å². The Labute approximate surface area is 128 Å². The first-order chi connectivity index (χ1) is 9.37. The molecule has 1 aliphatic heterocycles. The van der Waals surface area contributed by atoms with Crippen molar-refractivity contribution in [1.29, 1.82) is 0 Å². The highest BCUT2D eigenvalue weighted by Crippen LogP contribution is 2.25. The third-order valence-corrected chi connectivity index (χ3v) is 3.81. The lowest BCUT2D eigenvalue weighted by Crippen LogP contribution is -2.27. The topological polar surface area (TPSA) is 29.5 Å². The minimum absolute atomic E-state index is 0.0808. The monoisotopic (exact) mass is 399 g/mol. The first-order valence-electron chi connectivity index (χ1n) is 6.15. The van der Waals surface area contributed by atoms with Crippen LogP contribution in [0.5, 0.6) is 5.75 Å². The fourth-order valence-electron chi connectivity index (χ4n) is 2.01. The first-order valence-corrected chi connectivity index (χ1v) is 7.23. The number of hydrogen-bond donors (Lipinski definition) is 0. The molecular formula is C13H13F3INO2. The predicted octanol–water partition coefficient (Wildman–Crippen LogP) is 3.47. The van der Waals surface area contributed by atoms with E-state index >= 15 is 0 Å². The summed E-state index contributed by atoms with van der Waals surface area (Å²) in [6, 6.07) is 4.48. The summed E-state index contributed by atoms with van der Waals surface area (Å²) in [5.74, 6) is 0.0590. The molecule has 0 spiro atoms. The van der Waals surface area contributed by atoms with E-state index in [-0.39, 0.29) is 11.7 Å². The fourth-order valence-corrected chi connectivity index (χ4v) is 2.68. The van der Waals surface area contributed by atoms with Crippen LogP contribution in [-0.2, 0) is 0 Å². The van der Waals surface area contributed by atoms with Crippen molar-refractivity contribution in [3.63, 3.8) is 0 Å². The van der Waals surface area contributed by atoms with Gasteiger partial charge in [-0.2, -0.15) is 13.2 Å². The quantitative estimate of drug-likeness (QED) is 0.729. The lowest BCUT2D eigenvalue weighted by molar-refractivity contribution is -0.153. The molecule has 20 heavy (non-hydrogen) atoms. The van der Waals surface area contributed by atoms with Crippen LogP contribution in [0.3, 0.4) is 0 Å². The molecule has 0 saturated carbocycles. The van der Waals surface area contributed by atoms with E-state index in [9.17, 15) is 18.0 Å². The van der Waals surface area contributed by atoms with E-state index in [1.165, 1.54) is 12.1 Å². The number of nitrogens with zero attached hydrogens (tertiary/aromatic N) is 1. The van der Waals surface area contributed by atoms with Crippen molar-refractivity contribution >= 4 is 28.5 Å². The second-order valence-corrected chi connectivity index (χ2v) is 5.71. The lowest BCUT2D eigenvalue weighted by Gasteiger charge is -2.16. The molecule has 110 valence electrons. The zero-order valence-electron chi connectivity index (χ0n) is 10.5. The van der Waals surface area contributed by atoms with Crippen LogP contribution in [0.1, 0.15) is 23.2 Å². The molecule has 7 heteroatoms. The van der Waals surface area contributed by atoms with Gasteiger partial charge in [0.25, 0.3) is 5.91 Å². The van der Waals surface area contributed by atoms with Crippen LogP contribution in [0.4, 0.5) is 13.2 Å². The smallest absolute Gasteiger partial charge is 0.422 e. The molecule has 1 fully saturated rings. The molecule has 0 unspecified atom stereocenters. The molecule has 0 aliphatic carbocycles. The van der Waals surface area contributed by atoms with E-state index in [0.29, 0.717) is 9.13 Å². The average molecular weight is 399 g/mol. The number of carbonyl (C=O) groups excluding carboxylic acids is 1. The number of likely N-dealkylation sites (tertiary alicyclic amines) is 1. The van der Waals surface area contributed by atoms with Gasteiger partial charge in [0.1, 0.15) is 5.75 Å². The van der Waals surface area contributed by atoms with E-state index in [1.807, 2.05) is 22.6 Å². The Kier molecular flexibility index (Phi) is 4.77. The van der Waals surface area contributed by atoms with Gasteiger partial charge in [-0.05, 0) is 53.6 Å². The van der Waals surface area contributed by atoms with E-state index in [2.05, 4.69) is 0 Å². The molecule has 3 nitrogen and oxygen atoms in total. The summed E-state index contributed by atoms with van der Waals surface area (Å²) in [6.07, 6.45) is -2.38. The highest BCUT2D eigenvalue weighted by Gasteiger charge is 2.29. The Balaban J connectivity index is 2.07. The molecule has 1 aromatic carbocycles. The maximum Gasteiger partial charge on any atom is 0.422 e. The maximum absolute atomic E-state index is 12.1. The molecule has 0 atom stereocenters. The molecule has 1 aliphatic rings. The first kappa shape index (κ1) is 15.4. The van der Waals surface area contributed by atoms with Crippen LogP contribution in [0, 0.1) is 3.57 Å². The van der Waals surface area contributed by atoms with Crippen molar-refractivity contribution in [3.8, 4) is 5.75 Å². The standard InChI is InChI=1S/C13H13F3INO2/c14-13(15,16)8-20-11-4-3-9(7-10(11)17)12(19)18-5-1-2-6-18/h3-4,7H,1-2,5-6,8H2. The highest BCUT2D eigenvalue weighted by atomic mass is 127. The summed E-state index contributed by atoms with van der Waals surface area (Å²) >= 11 is 1.87. The summed E-state index contributed by atoms with van der Waals surface area (Å²) < 4.78 is 41.5. The van der Waals surface area contributed by atoms with Crippen molar-refractivity contribution in [2.45, 2.75) is 19.0 Å². The number of ether oxygens (including phenoxy) is 1. The largest absolute Gasteiger partial charge is 0.483 e. The van der Waals surface area contributed by atoms with Gasteiger partial charge in [-0.15, -0.1) is 0 Å². The summed E-state index contributed by atoms with van der Waals surface area (Å²) in [5.41, 5.74) is 0.482. The van der Waals surface area contributed by atoms with Gasteiger partial charge < -0.3 is 9.64 Å². The SMILES string of the molecule is O=C(c1ccc(OCC(F)(F)F)c(I)c1)N1CCCC1. The fraction of sp³-hybridized carbons (Fsp3) is 0.462. The molecule has 1 heterocycles. The van der Waals surface area contributed by atoms with Gasteiger partial charge in [0.15, 0.2) is 6.61 Å². The summed E-state index contributed by atoms with van der Waals surface area (Å²) in [5, 5.41) is 0. The van der Waals surface area contributed by atoms with Crippen LogP contribution >= 0.6 is 22.6 Å². The highest BCUT2D eigenvalue weighted by molar-refractivity contribution is 14.1. The molecule has 0 bridgehead atoms. The zero-order chi connectivity index (χ0) is 14.8. The third kappa shape index (κ3) is 4.00. The van der Waals surface area contributed by atoms with E-state index in [0.717, 1.165) is 25.9 Å². The van der Waals surface area contributed by atoms with E-state index in [1.54, 1.807) is 11.0 Å². The molecular weight excluding hydrogens is 386 g/mol. The Bertz CT molecular complexity index is 499. The minimum Gasteiger partial charge on any atom is -0.483 e. The third-order valence-electron chi connectivity index (χ3n) is 2.96. The summed E-state index contributed by atoms with van der Waals surface area (Å²) in [6.45, 7) is 0.145. The van der Waals surface area contributed by atoms with Gasteiger partial charge in [0.2, 0.25) is 0 Å². The van der Waals surface area contributed by atoms with Crippen LogP contribution in [0.25, 0.3) is 0 Å². The number of halogens is 4. The van der Waals surface area contributed by atoms with Crippen molar-refractivity contribution in [3.05, 3.63) is 27.3 Å². The average Bonchev–Trinajstić information content (AvgIpc) is 2.89. The van der Waals surface area contributed by atoms with Gasteiger partial charge in [-0.25, -0.2) is 0 Å². The number of benzene rings is 1. The van der Waals surface area contributed by atoms with Crippen molar-refractivity contribution in [2.24, 2.45) is 0 Å². The van der Waals surface area contributed by atoms with Gasteiger partial charge in [0.05, 0.1) is 3.57 Å². The summed E-state index contributed by atoms with van der Waals surface area (Å²) in [7, 11) is 0. The van der Waals surface area contributed by atoms with Crippen molar-refractivity contribution < 1.29 is 22.7 Å². The van der Waals surface area contributed by atoms with Crippen molar-refractivity contribution in [1.82, 2.24) is 4.90 Å². The van der Waals surface area contributed by atoms with Gasteiger partial charge in [0, 0.05) is 18.7 Å². The number of rotatable bonds is 3. The number of carbonyl (C=O) groups is 1. The van der Waals surface area contributed by atoms with E-state index in [4.69, 9.17) is 4.74 Å². The second kappa shape index (κ2) is 6.19. The van der Waals surface area contributed by atoms with Gasteiger partial charge in [-0.1, -0.05) is 0 Å². The Hall–Kier alpha value is -0.990. The van der Waals surface area contributed by atoms with Gasteiger partial charge in [-0.3, -0.25) is 4.79 Å². The molecule has 0 N–H and O–H groups in total. The minimum atomic E-state index is -4.37. The predicted molar refractivity (Wildman–Crippen MR) is 75.8 cm³/mol. The van der Waals surface area contributed by atoms with Crippen LogP contribution in [0.15, 0.2) is 18.2 Å². The maximum atomic E-state index is 12.1. The number of hydrogen-bond acceptors (Lipinski definition) is 2. The Morgan fingerprint density at radius 1 is 1.30 bits per heavy atom. The molecule has 1 amide bonds. The van der Waals surface area contributed by atoms with Crippen LogP contribution in [-0.4, -0.2) is 36.7 Å². The number of alkyl halides is 3. The Morgan fingerprint density at radius 2 is 1.95 bits per heavy atom. The lowest BCUT2D eigenvalue weighted by atomic mass is 10.2. The zero-order valence-corrected chi connectivity index (χ0v) is 12.7. The van der Waals surface area contributed by atoms with Crippen LogP contribution < -0.4 is 4.74 Å². The number of amides is 1.